The van der Waals surface area contributed by atoms with Crippen LogP contribution in [0.3, 0.4) is 0 Å². The van der Waals surface area contributed by atoms with Crippen molar-refractivity contribution in [2.75, 3.05) is 31.2 Å². The van der Waals surface area contributed by atoms with Gasteiger partial charge < -0.3 is 10.6 Å². The molecule has 1 aromatic carbocycles. The highest BCUT2D eigenvalue weighted by Crippen LogP contribution is 2.28. The predicted octanol–water partition coefficient (Wildman–Crippen LogP) is 4.22. The Balaban J connectivity index is 1.66. The first-order valence-corrected chi connectivity index (χ1v) is 14.8. The molecule has 33 heavy (non-hydrogen) atoms. The second-order valence-electron chi connectivity index (χ2n) is 10.1. The van der Waals surface area contributed by atoms with Gasteiger partial charge in [-0.25, -0.2) is 8.42 Å². The van der Waals surface area contributed by atoms with E-state index in [0.29, 0.717) is 0 Å². The molecule has 0 radical (unpaired) electrons. The fourth-order valence-corrected chi connectivity index (χ4v) is 7.42. The molecule has 1 amide bonds. The fraction of sp³-hybridized carbons (Fsp3) is 0.731. The molecule has 2 unspecified atom stereocenters. The lowest BCUT2D eigenvalue weighted by molar-refractivity contribution is -0.120. The summed E-state index contributed by atoms with van der Waals surface area (Å²) < 4.78 is 25.8. The van der Waals surface area contributed by atoms with E-state index < -0.39 is 15.2 Å². The lowest BCUT2D eigenvalue weighted by Crippen LogP contribution is -2.52. The Labute approximate surface area is 200 Å². The lowest BCUT2D eigenvalue weighted by Gasteiger charge is -2.41. The van der Waals surface area contributed by atoms with E-state index in [1.807, 2.05) is 12.1 Å². The van der Waals surface area contributed by atoms with Crippen LogP contribution >= 0.6 is 0 Å². The van der Waals surface area contributed by atoms with E-state index >= 15 is 0 Å². The highest BCUT2D eigenvalue weighted by Gasteiger charge is 2.37. The molecule has 1 saturated carbocycles. The summed E-state index contributed by atoms with van der Waals surface area (Å²) in [6, 6.07) is 8.21. The number of benzene rings is 1. The number of carbonyl (C=O) groups excluding carboxylic acids is 1. The molecule has 1 aliphatic heterocycles. The standard InChI is InChI=1S/C26H43N3O3S/c1-4-18-29(26(33(3,31)32)23-14-16-27-17-15-23)20(2)19-21-10-12-24(13-11-21)28-25(30)22-8-6-5-7-9-22/h10-13,20,22-23,26-27H,4-9,14-19H2,1-3H3,(H,28,30). The molecular weight excluding hydrogens is 434 g/mol. The average molecular weight is 478 g/mol. The normalized spacial score (nSPS) is 20.5. The zero-order valence-electron chi connectivity index (χ0n) is 20.7. The van der Waals surface area contributed by atoms with E-state index in [1.165, 1.54) is 12.7 Å². The van der Waals surface area contributed by atoms with Gasteiger partial charge in [0, 0.05) is 23.9 Å². The molecule has 1 saturated heterocycles. The summed E-state index contributed by atoms with van der Waals surface area (Å²) in [5.41, 5.74) is 2.01. The second kappa shape index (κ2) is 12.3. The van der Waals surface area contributed by atoms with E-state index in [9.17, 15) is 13.2 Å². The van der Waals surface area contributed by atoms with E-state index in [2.05, 4.69) is 41.5 Å². The Morgan fingerprint density at radius 1 is 1.09 bits per heavy atom. The molecule has 2 N–H and O–H groups in total. The van der Waals surface area contributed by atoms with Crippen LogP contribution in [0.4, 0.5) is 5.69 Å². The van der Waals surface area contributed by atoms with Crippen LogP contribution in [0.25, 0.3) is 0 Å². The molecule has 0 bridgehead atoms. The van der Waals surface area contributed by atoms with Gasteiger partial charge in [0.25, 0.3) is 0 Å². The highest BCUT2D eigenvalue weighted by molar-refractivity contribution is 7.91. The van der Waals surface area contributed by atoms with Crippen molar-refractivity contribution >= 4 is 21.4 Å². The van der Waals surface area contributed by atoms with Crippen molar-refractivity contribution in [2.45, 2.75) is 83.1 Å². The van der Waals surface area contributed by atoms with Gasteiger partial charge in [0.2, 0.25) is 5.91 Å². The predicted molar refractivity (Wildman–Crippen MR) is 136 cm³/mol. The maximum Gasteiger partial charge on any atom is 0.227 e. The van der Waals surface area contributed by atoms with Crippen LogP contribution in [0, 0.1) is 11.8 Å². The van der Waals surface area contributed by atoms with E-state index in [0.717, 1.165) is 82.3 Å². The van der Waals surface area contributed by atoms with Crippen LogP contribution < -0.4 is 10.6 Å². The zero-order chi connectivity index (χ0) is 23.8. The van der Waals surface area contributed by atoms with Crippen molar-refractivity contribution in [3.8, 4) is 0 Å². The topological polar surface area (TPSA) is 78.5 Å². The Morgan fingerprint density at radius 2 is 1.73 bits per heavy atom. The van der Waals surface area contributed by atoms with Gasteiger partial charge in [-0.05, 0) is 88.7 Å². The summed E-state index contributed by atoms with van der Waals surface area (Å²) in [6.07, 6.45) is 10.4. The minimum Gasteiger partial charge on any atom is -0.326 e. The number of rotatable bonds is 10. The maximum atomic E-state index is 12.9. The van der Waals surface area contributed by atoms with E-state index in [-0.39, 0.29) is 23.8 Å². The number of nitrogens with one attached hydrogen (secondary N) is 2. The summed E-state index contributed by atoms with van der Waals surface area (Å²) >= 11 is 0. The number of amides is 1. The largest absolute Gasteiger partial charge is 0.326 e. The number of hydrogen-bond acceptors (Lipinski definition) is 5. The van der Waals surface area contributed by atoms with E-state index in [1.54, 1.807) is 0 Å². The molecule has 2 atom stereocenters. The van der Waals surface area contributed by atoms with Crippen LogP contribution in [-0.4, -0.2) is 56.5 Å². The van der Waals surface area contributed by atoms with Crippen LogP contribution in [0.2, 0.25) is 0 Å². The number of piperidine rings is 1. The molecule has 2 aliphatic rings. The number of nitrogens with zero attached hydrogens (tertiary/aromatic N) is 1. The van der Waals surface area contributed by atoms with Crippen LogP contribution in [0.5, 0.6) is 0 Å². The van der Waals surface area contributed by atoms with Crippen molar-refractivity contribution in [1.82, 2.24) is 10.2 Å². The fourth-order valence-electron chi connectivity index (χ4n) is 5.64. The van der Waals surface area contributed by atoms with Gasteiger partial charge in [-0.3, -0.25) is 9.69 Å². The quantitative estimate of drug-likeness (QED) is 0.528. The molecule has 6 nitrogen and oxygen atoms in total. The smallest absolute Gasteiger partial charge is 0.227 e. The van der Waals surface area contributed by atoms with Crippen molar-refractivity contribution in [3.63, 3.8) is 0 Å². The van der Waals surface area contributed by atoms with Crippen molar-refractivity contribution in [1.29, 1.82) is 0 Å². The van der Waals surface area contributed by atoms with Crippen LogP contribution in [0.15, 0.2) is 24.3 Å². The second-order valence-corrected chi connectivity index (χ2v) is 12.3. The zero-order valence-corrected chi connectivity index (χ0v) is 21.5. The van der Waals surface area contributed by atoms with Gasteiger partial charge >= 0.3 is 0 Å². The Hall–Kier alpha value is -1.44. The molecule has 7 heteroatoms. The van der Waals surface area contributed by atoms with E-state index in [4.69, 9.17) is 0 Å². The third-order valence-corrected chi connectivity index (χ3v) is 8.86. The number of hydrogen-bond donors (Lipinski definition) is 2. The molecule has 1 aliphatic carbocycles. The van der Waals surface area contributed by atoms with Gasteiger partial charge in [0.15, 0.2) is 9.84 Å². The van der Waals surface area contributed by atoms with Crippen molar-refractivity contribution in [3.05, 3.63) is 29.8 Å². The first kappa shape index (κ1) is 26.2. The van der Waals surface area contributed by atoms with Crippen molar-refractivity contribution < 1.29 is 13.2 Å². The minimum absolute atomic E-state index is 0.113. The number of sulfone groups is 1. The molecule has 0 spiro atoms. The minimum atomic E-state index is -3.20. The van der Waals surface area contributed by atoms with Gasteiger partial charge in [0.05, 0.1) is 0 Å². The molecule has 2 fully saturated rings. The summed E-state index contributed by atoms with van der Waals surface area (Å²) in [6.45, 7) is 6.81. The maximum absolute atomic E-state index is 12.9. The SMILES string of the molecule is CCCN(C(C)Cc1ccc(NC(=O)C2CCCCC2)cc1)C(C1CCNCC1)S(C)(=O)=O. The number of carbonyl (C=O) groups is 1. The van der Waals surface area contributed by atoms with Gasteiger partial charge in [0.1, 0.15) is 5.37 Å². The number of anilines is 1. The summed E-state index contributed by atoms with van der Waals surface area (Å²) in [7, 11) is -3.20. The third kappa shape index (κ3) is 7.52. The average Bonchev–Trinajstić information content (AvgIpc) is 2.80. The molecule has 0 aromatic heterocycles. The first-order valence-electron chi connectivity index (χ1n) is 12.8. The summed E-state index contributed by atoms with van der Waals surface area (Å²) in [4.78, 5) is 14.8. The summed E-state index contributed by atoms with van der Waals surface area (Å²) in [5, 5.41) is 6.01. The first-order chi connectivity index (χ1) is 15.8. The van der Waals surface area contributed by atoms with Crippen LogP contribution in [0.1, 0.15) is 70.8 Å². The lowest BCUT2D eigenvalue weighted by atomic mass is 9.88. The highest BCUT2D eigenvalue weighted by atomic mass is 32.2. The Bertz CT molecular complexity index is 844. The molecule has 1 heterocycles. The third-order valence-electron chi connectivity index (χ3n) is 7.33. The van der Waals surface area contributed by atoms with Gasteiger partial charge in [-0.2, -0.15) is 0 Å². The Kier molecular flexibility index (Phi) is 9.77. The molecule has 3 rings (SSSR count). The van der Waals surface area contributed by atoms with Gasteiger partial charge in [-0.1, -0.05) is 38.3 Å². The monoisotopic (exact) mass is 477 g/mol. The molecule has 186 valence electrons. The van der Waals surface area contributed by atoms with Crippen LogP contribution in [-0.2, 0) is 21.1 Å². The van der Waals surface area contributed by atoms with Crippen molar-refractivity contribution in [2.24, 2.45) is 11.8 Å². The summed E-state index contributed by atoms with van der Waals surface area (Å²) in [5.74, 6) is 0.458. The Morgan fingerprint density at radius 3 is 2.30 bits per heavy atom. The molecule has 1 aromatic rings. The van der Waals surface area contributed by atoms with Gasteiger partial charge in [-0.15, -0.1) is 0 Å². The molecular formula is C26H43N3O3S.